The Kier molecular flexibility index (Phi) is 3.78. The van der Waals surface area contributed by atoms with E-state index in [-0.39, 0.29) is 6.10 Å². The number of aliphatic hydroxyl groups is 1. The predicted octanol–water partition coefficient (Wildman–Crippen LogP) is 3.40. The van der Waals surface area contributed by atoms with Crippen molar-refractivity contribution in [3.63, 3.8) is 0 Å². The molecule has 2 aromatic carbocycles. The minimum atomic E-state index is -0.309. The van der Waals surface area contributed by atoms with Crippen LogP contribution in [0.5, 0.6) is 11.5 Å². The third kappa shape index (κ3) is 3.61. The first-order valence-electron chi connectivity index (χ1n) is 5.74. The van der Waals surface area contributed by atoms with Gasteiger partial charge in [0.25, 0.3) is 0 Å². The SMILES string of the molecule is C[C@@H](O)Cc1ccc(Oc2ccccc2)cc1. The lowest BCUT2D eigenvalue weighted by Crippen LogP contribution is -2.03. The fourth-order valence-corrected chi connectivity index (χ4v) is 1.66. The van der Waals surface area contributed by atoms with E-state index in [1.165, 1.54) is 0 Å². The van der Waals surface area contributed by atoms with Crippen LogP contribution in [0.3, 0.4) is 0 Å². The van der Waals surface area contributed by atoms with Crippen LogP contribution in [0.25, 0.3) is 0 Å². The molecule has 0 heterocycles. The Labute approximate surface area is 101 Å². The zero-order valence-electron chi connectivity index (χ0n) is 9.84. The molecule has 0 unspecified atom stereocenters. The number of rotatable bonds is 4. The molecule has 1 atom stereocenters. The smallest absolute Gasteiger partial charge is 0.127 e. The normalized spacial score (nSPS) is 12.1. The lowest BCUT2D eigenvalue weighted by atomic mass is 10.1. The van der Waals surface area contributed by atoms with Crippen molar-refractivity contribution >= 4 is 0 Å². The summed E-state index contributed by atoms with van der Waals surface area (Å²) in [5, 5.41) is 9.28. The Hall–Kier alpha value is -1.80. The molecule has 0 spiro atoms. The van der Waals surface area contributed by atoms with Gasteiger partial charge in [0.2, 0.25) is 0 Å². The van der Waals surface area contributed by atoms with Gasteiger partial charge in [-0.2, -0.15) is 0 Å². The molecule has 2 aromatic rings. The number of hydrogen-bond donors (Lipinski definition) is 1. The van der Waals surface area contributed by atoms with Gasteiger partial charge in [-0.05, 0) is 43.2 Å². The van der Waals surface area contributed by atoms with Crippen molar-refractivity contribution in [3.8, 4) is 11.5 Å². The van der Waals surface area contributed by atoms with Crippen LogP contribution in [-0.2, 0) is 6.42 Å². The summed E-state index contributed by atoms with van der Waals surface area (Å²) in [6.45, 7) is 1.79. The van der Waals surface area contributed by atoms with Crippen molar-refractivity contribution < 1.29 is 9.84 Å². The van der Waals surface area contributed by atoms with Crippen molar-refractivity contribution in [2.45, 2.75) is 19.4 Å². The van der Waals surface area contributed by atoms with E-state index in [0.717, 1.165) is 17.1 Å². The van der Waals surface area contributed by atoms with E-state index in [0.29, 0.717) is 6.42 Å². The van der Waals surface area contributed by atoms with E-state index < -0.39 is 0 Å². The second kappa shape index (κ2) is 5.51. The maximum Gasteiger partial charge on any atom is 0.127 e. The van der Waals surface area contributed by atoms with Crippen molar-refractivity contribution in [2.24, 2.45) is 0 Å². The van der Waals surface area contributed by atoms with E-state index in [2.05, 4.69) is 0 Å². The third-order valence-electron chi connectivity index (χ3n) is 2.43. The molecule has 2 heteroatoms. The number of hydrogen-bond acceptors (Lipinski definition) is 2. The van der Waals surface area contributed by atoms with E-state index >= 15 is 0 Å². The summed E-state index contributed by atoms with van der Waals surface area (Å²) in [6.07, 6.45) is 0.363. The van der Waals surface area contributed by atoms with Gasteiger partial charge in [0.1, 0.15) is 11.5 Å². The summed E-state index contributed by atoms with van der Waals surface area (Å²) < 4.78 is 5.68. The first-order valence-corrected chi connectivity index (χ1v) is 5.74. The lowest BCUT2D eigenvalue weighted by Gasteiger charge is -2.07. The molecule has 0 saturated heterocycles. The molecule has 0 aliphatic heterocycles. The Balaban J connectivity index is 2.03. The van der Waals surface area contributed by atoms with Crippen LogP contribution < -0.4 is 4.74 Å². The standard InChI is InChI=1S/C15H16O2/c1-12(16)11-13-7-9-15(10-8-13)17-14-5-3-2-4-6-14/h2-10,12,16H,11H2,1H3/t12-/m1/s1. The topological polar surface area (TPSA) is 29.5 Å². The van der Waals surface area contributed by atoms with Gasteiger partial charge in [0, 0.05) is 0 Å². The van der Waals surface area contributed by atoms with Crippen molar-refractivity contribution in [1.82, 2.24) is 0 Å². The molecule has 2 nitrogen and oxygen atoms in total. The highest BCUT2D eigenvalue weighted by Gasteiger charge is 2.00. The van der Waals surface area contributed by atoms with Gasteiger partial charge >= 0.3 is 0 Å². The number of aliphatic hydroxyl groups excluding tert-OH is 1. The first kappa shape index (κ1) is 11.7. The second-order valence-electron chi connectivity index (χ2n) is 4.11. The van der Waals surface area contributed by atoms with Crippen LogP contribution in [0.2, 0.25) is 0 Å². The highest BCUT2D eigenvalue weighted by Crippen LogP contribution is 2.21. The fraction of sp³-hybridized carbons (Fsp3) is 0.200. The summed E-state index contributed by atoms with van der Waals surface area (Å²) in [5.74, 6) is 1.64. The van der Waals surface area contributed by atoms with Crippen molar-refractivity contribution in [1.29, 1.82) is 0 Å². The number of para-hydroxylation sites is 1. The van der Waals surface area contributed by atoms with Crippen molar-refractivity contribution in [3.05, 3.63) is 60.2 Å². The average Bonchev–Trinajstić information content (AvgIpc) is 2.32. The maximum absolute atomic E-state index is 9.28. The van der Waals surface area contributed by atoms with Gasteiger partial charge < -0.3 is 9.84 Å². The van der Waals surface area contributed by atoms with Gasteiger partial charge in [-0.3, -0.25) is 0 Å². The van der Waals surface area contributed by atoms with Crippen molar-refractivity contribution in [2.75, 3.05) is 0 Å². The molecule has 88 valence electrons. The summed E-state index contributed by atoms with van der Waals surface area (Å²) in [5.41, 5.74) is 1.11. The van der Waals surface area contributed by atoms with Crippen LogP contribution in [0.4, 0.5) is 0 Å². The average molecular weight is 228 g/mol. The van der Waals surface area contributed by atoms with Gasteiger partial charge in [-0.25, -0.2) is 0 Å². The van der Waals surface area contributed by atoms with Crippen LogP contribution >= 0.6 is 0 Å². The molecule has 0 radical (unpaired) electrons. The van der Waals surface area contributed by atoms with E-state index in [1.807, 2.05) is 54.6 Å². The zero-order chi connectivity index (χ0) is 12.1. The predicted molar refractivity (Wildman–Crippen MR) is 68.3 cm³/mol. The Morgan fingerprint density at radius 2 is 1.53 bits per heavy atom. The second-order valence-corrected chi connectivity index (χ2v) is 4.11. The Bertz CT molecular complexity index is 446. The van der Waals surface area contributed by atoms with E-state index in [9.17, 15) is 5.11 Å². The monoisotopic (exact) mass is 228 g/mol. The van der Waals surface area contributed by atoms with Gasteiger partial charge in [-0.1, -0.05) is 30.3 Å². The van der Waals surface area contributed by atoms with Crippen LogP contribution in [0.15, 0.2) is 54.6 Å². The maximum atomic E-state index is 9.28. The highest BCUT2D eigenvalue weighted by atomic mass is 16.5. The molecule has 0 fully saturated rings. The molecule has 2 rings (SSSR count). The summed E-state index contributed by atoms with van der Waals surface area (Å²) in [4.78, 5) is 0. The molecule has 0 bridgehead atoms. The lowest BCUT2D eigenvalue weighted by molar-refractivity contribution is 0.195. The van der Waals surface area contributed by atoms with Gasteiger partial charge in [-0.15, -0.1) is 0 Å². The summed E-state index contributed by atoms with van der Waals surface area (Å²) in [6, 6.07) is 17.5. The minimum Gasteiger partial charge on any atom is -0.457 e. The molecule has 0 aromatic heterocycles. The van der Waals surface area contributed by atoms with Crippen LogP contribution in [-0.4, -0.2) is 11.2 Å². The summed E-state index contributed by atoms with van der Waals surface area (Å²) >= 11 is 0. The van der Waals surface area contributed by atoms with Crippen LogP contribution in [0, 0.1) is 0 Å². The molecule has 0 saturated carbocycles. The highest BCUT2D eigenvalue weighted by molar-refractivity contribution is 5.33. The number of benzene rings is 2. The molecule has 1 N–H and O–H groups in total. The minimum absolute atomic E-state index is 0.309. The molecule has 0 aliphatic carbocycles. The molecular weight excluding hydrogens is 212 g/mol. The van der Waals surface area contributed by atoms with Gasteiger partial charge in [0.05, 0.1) is 6.10 Å². The van der Waals surface area contributed by atoms with E-state index in [1.54, 1.807) is 6.92 Å². The molecular formula is C15H16O2. The summed E-state index contributed by atoms with van der Waals surface area (Å²) in [7, 11) is 0. The Morgan fingerprint density at radius 1 is 0.941 bits per heavy atom. The van der Waals surface area contributed by atoms with Crippen LogP contribution in [0.1, 0.15) is 12.5 Å². The van der Waals surface area contributed by atoms with E-state index in [4.69, 9.17) is 4.74 Å². The number of ether oxygens (including phenoxy) is 1. The van der Waals surface area contributed by atoms with Gasteiger partial charge in [0.15, 0.2) is 0 Å². The molecule has 17 heavy (non-hydrogen) atoms. The largest absolute Gasteiger partial charge is 0.457 e. The molecule has 0 amide bonds. The first-order chi connectivity index (χ1) is 8.24. The molecule has 0 aliphatic rings. The third-order valence-corrected chi connectivity index (χ3v) is 2.43. The quantitative estimate of drug-likeness (QED) is 0.869. The zero-order valence-corrected chi connectivity index (χ0v) is 9.84. The Morgan fingerprint density at radius 3 is 2.12 bits per heavy atom. The fourth-order valence-electron chi connectivity index (χ4n) is 1.66.